The molecule has 0 radical (unpaired) electrons. The molecule has 0 saturated carbocycles. The number of fused-ring (bicyclic) bond motifs is 1. The Bertz CT molecular complexity index is 555. The lowest BCUT2D eigenvalue weighted by Gasteiger charge is -2.12. The van der Waals surface area contributed by atoms with E-state index in [2.05, 4.69) is 71.5 Å². The van der Waals surface area contributed by atoms with Crippen LogP contribution in [-0.4, -0.2) is 30.1 Å². The maximum absolute atomic E-state index is 3.56. The Morgan fingerprint density at radius 2 is 1.94 bits per heavy atom. The Hall–Kier alpha value is -0.800. The van der Waals surface area contributed by atoms with Gasteiger partial charge in [0, 0.05) is 27.6 Å². The van der Waals surface area contributed by atoms with Crippen LogP contribution in [0.3, 0.4) is 0 Å². The number of rotatable bonds is 4. The van der Waals surface area contributed by atoms with Gasteiger partial charge in [0.25, 0.3) is 0 Å². The van der Waals surface area contributed by atoms with Gasteiger partial charge in [-0.05, 0) is 64.7 Å². The molecule has 0 amide bonds. The number of hydrogen-bond donors (Lipinski definition) is 0. The van der Waals surface area contributed by atoms with Gasteiger partial charge in [-0.25, -0.2) is 0 Å². The molecule has 0 unspecified atom stereocenters. The zero-order valence-corrected chi connectivity index (χ0v) is 13.2. The van der Waals surface area contributed by atoms with Crippen molar-refractivity contribution in [1.82, 2.24) is 9.47 Å². The molecule has 0 atom stereocenters. The van der Waals surface area contributed by atoms with Crippen LogP contribution >= 0.6 is 15.9 Å². The van der Waals surface area contributed by atoms with Crippen molar-refractivity contribution in [3.63, 3.8) is 0 Å². The molecule has 2 rings (SSSR count). The zero-order chi connectivity index (χ0) is 13.3. The molecule has 0 aliphatic heterocycles. The van der Waals surface area contributed by atoms with Crippen molar-refractivity contribution in [3.8, 4) is 0 Å². The molecule has 2 nitrogen and oxygen atoms in total. The molecule has 0 aliphatic carbocycles. The first-order valence-electron chi connectivity index (χ1n) is 6.40. The molecule has 0 N–H and O–H groups in total. The van der Waals surface area contributed by atoms with E-state index in [-0.39, 0.29) is 0 Å². The number of aromatic nitrogens is 1. The molecule has 0 saturated heterocycles. The van der Waals surface area contributed by atoms with Gasteiger partial charge >= 0.3 is 0 Å². The summed E-state index contributed by atoms with van der Waals surface area (Å²) in [4.78, 5) is 2.24. The number of aryl methyl sites for hydroxylation is 2. The maximum Gasteiger partial charge on any atom is 0.0485 e. The van der Waals surface area contributed by atoms with Crippen molar-refractivity contribution < 1.29 is 0 Å². The summed E-state index contributed by atoms with van der Waals surface area (Å²) in [5.41, 5.74) is 4.14. The molecule has 3 heteroatoms. The summed E-state index contributed by atoms with van der Waals surface area (Å²) in [5.74, 6) is 0. The second-order valence-electron chi connectivity index (χ2n) is 5.18. The zero-order valence-electron chi connectivity index (χ0n) is 11.6. The molecular formula is C15H21BrN2. The van der Waals surface area contributed by atoms with E-state index in [0.29, 0.717) is 0 Å². The highest BCUT2D eigenvalue weighted by Crippen LogP contribution is 2.28. The van der Waals surface area contributed by atoms with E-state index in [1.807, 2.05) is 0 Å². The van der Waals surface area contributed by atoms with Crippen LogP contribution in [0, 0.1) is 13.8 Å². The third-order valence-corrected chi connectivity index (χ3v) is 4.08. The molecule has 0 bridgehead atoms. The summed E-state index contributed by atoms with van der Waals surface area (Å²) >= 11 is 3.56. The molecule has 0 fully saturated rings. The Kier molecular flexibility index (Phi) is 4.13. The first-order valence-corrected chi connectivity index (χ1v) is 7.19. The van der Waals surface area contributed by atoms with E-state index >= 15 is 0 Å². The van der Waals surface area contributed by atoms with Crippen LogP contribution in [0.25, 0.3) is 10.9 Å². The highest BCUT2D eigenvalue weighted by molar-refractivity contribution is 9.10. The van der Waals surface area contributed by atoms with Crippen molar-refractivity contribution >= 4 is 26.8 Å². The van der Waals surface area contributed by atoms with Gasteiger partial charge in [0.05, 0.1) is 0 Å². The lowest BCUT2D eigenvalue weighted by molar-refractivity contribution is 0.387. The second kappa shape index (κ2) is 5.45. The highest BCUT2D eigenvalue weighted by atomic mass is 79.9. The summed E-state index contributed by atoms with van der Waals surface area (Å²) in [6.45, 7) is 6.66. The molecule has 1 heterocycles. The smallest absolute Gasteiger partial charge is 0.0485 e. The van der Waals surface area contributed by atoms with Crippen LogP contribution < -0.4 is 0 Å². The van der Waals surface area contributed by atoms with Crippen molar-refractivity contribution in [2.45, 2.75) is 26.8 Å². The fourth-order valence-electron chi connectivity index (χ4n) is 2.46. The van der Waals surface area contributed by atoms with E-state index in [1.165, 1.54) is 28.6 Å². The van der Waals surface area contributed by atoms with Crippen molar-refractivity contribution in [1.29, 1.82) is 0 Å². The minimum Gasteiger partial charge on any atom is -0.345 e. The van der Waals surface area contributed by atoms with Crippen molar-refractivity contribution in [3.05, 3.63) is 33.9 Å². The van der Waals surface area contributed by atoms with Crippen LogP contribution in [0.15, 0.2) is 22.7 Å². The summed E-state index contributed by atoms with van der Waals surface area (Å²) in [5, 5.41) is 1.37. The predicted molar refractivity (Wildman–Crippen MR) is 82.3 cm³/mol. The van der Waals surface area contributed by atoms with Gasteiger partial charge in [-0.1, -0.05) is 15.9 Å². The lowest BCUT2D eigenvalue weighted by Crippen LogP contribution is -2.15. The lowest BCUT2D eigenvalue weighted by atomic mass is 10.2. The van der Waals surface area contributed by atoms with Crippen LogP contribution in [0.5, 0.6) is 0 Å². The SMILES string of the molecule is Cc1c(C)n(CCCN(C)C)c2ccc(Br)cc12. The molecular weight excluding hydrogens is 288 g/mol. The van der Waals surface area contributed by atoms with Gasteiger partial charge in [-0.15, -0.1) is 0 Å². The van der Waals surface area contributed by atoms with Crippen molar-refractivity contribution in [2.24, 2.45) is 0 Å². The van der Waals surface area contributed by atoms with E-state index in [1.54, 1.807) is 0 Å². The molecule has 1 aromatic carbocycles. The van der Waals surface area contributed by atoms with Crippen molar-refractivity contribution in [2.75, 3.05) is 20.6 Å². The maximum atomic E-state index is 3.56. The van der Waals surface area contributed by atoms with Gasteiger partial charge < -0.3 is 9.47 Å². The van der Waals surface area contributed by atoms with Gasteiger partial charge in [0.1, 0.15) is 0 Å². The number of halogens is 1. The normalized spacial score (nSPS) is 11.7. The Morgan fingerprint density at radius 3 is 2.61 bits per heavy atom. The average Bonchev–Trinajstić information content (AvgIpc) is 2.54. The minimum absolute atomic E-state index is 1.09. The van der Waals surface area contributed by atoms with Gasteiger partial charge in [0.2, 0.25) is 0 Å². The van der Waals surface area contributed by atoms with Crippen LogP contribution in [-0.2, 0) is 6.54 Å². The number of nitrogens with zero attached hydrogens (tertiary/aromatic N) is 2. The van der Waals surface area contributed by atoms with Gasteiger partial charge in [0.15, 0.2) is 0 Å². The summed E-state index contributed by atoms with van der Waals surface area (Å²) in [6, 6.07) is 6.57. The first kappa shape index (κ1) is 13.6. The van der Waals surface area contributed by atoms with E-state index in [4.69, 9.17) is 0 Å². The Labute approximate surface area is 118 Å². The Morgan fingerprint density at radius 1 is 1.22 bits per heavy atom. The van der Waals surface area contributed by atoms with Crippen LogP contribution in [0.4, 0.5) is 0 Å². The number of hydrogen-bond acceptors (Lipinski definition) is 1. The quantitative estimate of drug-likeness (QED) is 0.829. The Balaban J connectivity index is 2.35. The standard InChI is InChI=1S/C15H21BrN2/c1-11-12(2)18(9-5-8-17(3)4)15-7-6-13(16)10-14(11)15/h6-7,10H,5,8-9H2,1-4H3. The highest BCUT2D eigenvalue weighted by Gasteiger charge is 2.10. The van der Waals surface area contributed by atoms with Gasteiger partial charge in [-0.3, -0.25) is 0 Å². The van der Waals surface area contributed by atoms with E-state index in [9.17, 15) is 0 Å². The van der Waals surface area contributed by atoms with E-state index in [0.717, 1.165) is 17.6 Å². The van der Waals surface area contributed by atoms with Crippen LogP contribution in [0.1, 0.15) is 17.7 Å². The molecule has 0 aliphatic rings. The summed E-state index contributed by atoms with van der Waals surface area (Å²) in [7, 11) is 4.26. The summed E-state index contributed by atoms with van der Waals surface area (Å²) in [6.07, 6.45) is 1.19. The molecule has 98 valence electrons. The molecule has 0 spiro atoms. The molecule has 1 aromatic heterocycles. The fraction of sp³-hybridized carbons (Fsp3) is 0.467. The fourth-order valence-corrected chi connectivity index (χ4v) is 2.82. The molecule has 18 heavy (non-hydrogen) atoms. The van der Waals surface area contributed by atoms with Gasteiger partial charge in [-0.2, -0.15) is 0 Å². The topological polar surface area (TPSA) is 8.17 Å². The predicted octanol–water partition coefficient (Wildman–Crippen LogP) is 3.97. The number of benzene rings is 1. The molecule has 2 aromatic rings. The average molecular weight is 309 g/mol. The van der Waals surface area contributed by atoms with E-state index < -0.39 is 0 Å². The minimum atomic E-state index is 1.09. The monoisotopic (exact) mass is 308 g/mol. The van der Waals surface area contributed by atoms with Crippen LogP contribution in [0.2, 0.25) is 0 Å². The second-order valence-corrected chi connectivity index (χ2v) is 6.10. The third-order valence-electron chi connectivity index (χ3n) is 3.59. The third kappa shape index (κ3) is 2.62. The largest absolute Gasteiger partial charge is 0.345 e. The summed E-state index contributed by atoms with van der Waals surface area (Å²) < 4.78 is 3.60. The first-order chi connectivity index (χ1) is 8.50.